The van der Waals surface area contributed by atoms with Crippen LogP contribution in [0.1, 0.15) is 0 Å². The Hall–Kier alpha value is -4.12. The van der Waals surface area contributed by atoms with E-state index in [2.05, 4.69) is 25.3 Å². The van der Waals surface area contributed by atoms with Crippen LogP contribution in [0.4, 0.5) is 20.4 Å². The molecule has 0 amide bonds. The highest BCUT2D eigenvalue weighted by atomic mass is 32.1. The standard InChI is InChI=1S/C27H29F2N9O4S/c28-17-12-18(29)21(42-15-16-14-31-3-11-40-16)13-19(17)36-7-4-35(5-8-36)6-9-37-24-22(43-27(37)39)25-32-23(20-2-1-10-41-20)34-38(25)26(30)33-24/h1-2,10,12-13,16,31H,3-9,11,14-15H2,(H2,30,33). The number of morpholine rings is 1. The predicted molar refractivity (Wildman–Crippen MR) is 156 cm³/mol. The number of nitrogens with zero attached hydrogens (tertiary/aromatic N) is 7. The Morgan fingerprint density at radius 2 is 1.98 bits per heavy atom. The van der Waals surface area contributed by atoms with Crippen molar-refractivity contribution in [1.29, 1.82) is 0 Å². The van der Waals surface area contributed by atoms with E-state index in [1.807, 2.05) is 4.90 Å². The van der Waals surface area contributed by atoms with Gasteiger partial charge in [0.2, 0.25) is 11.8 Å². The van der Waals surface area contributed by atoms with Crippen molar-refractivity contribution in [2.75, 3.05) is 69.7 Å². The summed E-state index contributed by atoms with van der Waals surface area (Å²) in [5, 5.41) is 7.59. The number of halogens is 2. The molecule has 7 rings (SSSR count). The monoisotopic (exact) mass is 613 g/mol. The largest absolute Gasteiger partial charge is 0.488 e. The second-order valence-corrected chi connectivity index (χ2v) is 11.3. The van der Waals surface area contributed by atoms with Gasteiger partial charge in [0.05, 0.1) is 18.6 Å². The number of hydrogen-bond acceptors (Lipinski definition) is 12. The fourth-order valence-electron chi connectivity index (χ4n) is 5.37. The van der Waals surface area contributed by atoms with E-state index in [-0.39, 0.29) is 29.3 Å². The van der Waals surface area contributed by atoms with E-state index in [0.717, 1.165) is 23.9 Å². The molecule has 4 aromatic heterocycles. The van der Waals surface area contributed by atoms with Crippen molar-refractivity contribution in [3.8, 4) is 17.3 Å². The maximum Gasteiger partial charge on any atom is 0.309 e. The third kappa shape index (κ3) is 5.42. The van der Waals surface area contributed by atoms with Crippen molar-refractivity contribution in [1.82, 2.24) is 34.4 Å². The highest BCUT2D eigenvalue weighted by molar-refractivity contribution is 7.17. The summed E-state index contributed by atoms with van der Waals surface area (Å²) in [4.78, 5) is 25.9. The van der Waals surface area contributed by atoms with Gasteiger partial charge >= 0.3 is 4.87 Å². The molecule has 0 aliphatic carbocycles. The van der Waals surface area contributed by atoms with Crippen molar-refractivity contribution >= 4 is 39.0 Å². The zero-order chi connectivity index (χ0) is 29.5. The van der Waals surface area contributed by atoms with E-state index in [0.29, 0.717) is 85.7 Å². The molecule has 13 nitrogen and oxygen atoms in total. The lowest BCUT2D eigenvalue weighted by molar-refractivity contribution is -0.000550. The van der Waals surface area contributed by atoms with Crippen molar-refractivity contribution < 1.29 is 22.7 Å². The van der Waals surface area contributed by atoms with Crippen LogP contribution in [0.5, 0.6) is 5.75 Å². The number of nitrogen functional groups attached to an aromatic ring is 1. The van der Waals surface area contributed by atoms with Crippen LogP contribution in [0.2, 0.25) is 0 Å². The molecule has 0 bridgehead atoms. The first-order valence-corrected chi connectivity index (χ1v) is 14.8. The zero-order valence-corrected chi connectivity index (χ0v) is 23.9. The molecule has 5 aromatic rings. The Kier molecular flexibility index (Phi) is 7.42. The normalized spacial score (nSPS) is 18.2. The van der Waals surface area contributed by atoms with E-state index in [9.17, 15) is 13.6 Å². The van der Waals surface area contributed by atoms with E-state index >= 15 is 0 Å². The second-order valence-electron chi connectivity index (χ2n) is 10.4. The number of furan rings is 1. The molecule has 0 radical (unpaired) electrons. The number of rotatable bonds is 8. The van der Waals surface area contributed by atoms with Gasteiger partial charge in [-0.2, -0.15) is 9.50 Å². The topological polar surface area (TPSA) is 141 Å². The summed E-state index contributed by atoms with van der Waals surface area (Å²) in [5.41, 5.74) is 7.37. The van der Waals surface area contributed by atoms with Crippen LogP contribution in [0.15, 0.2) is 39.7 Å². The number of benzene rings is 1. The van der Waals surface area contributed by atoms with Gasteiger partial charge in [-0.25, -0.2) is 13.8 Å². The molecule has 1 aromatic carbocycles. The van der Waals surface area contributed by atoms with Crippen LogP contribution in [-0.4, -0.2) is 94.2 Å². The van der Waals surface area contributed by atoms with Crippen molar-refractivity contribution in [3.63, 3.8) is 0 Å². The van der Waals surface area contributed by atoms with Crippen LogP contribution in [0, 0.1) is 11.6 Å². The Morgan fingerprint density at radius 1 is 1.12 bits per heavy atom. The molecule has 0 spiro atoms. The summed E-state index contributed by atoms with van der Waals surface area (Å²) in [6, 6.07) is 5.77. The van der Waals surface area contributed by atoms with Crippen LogP contribution in [0.3, 0.4) is 0 Å². The second kappa shape index (κ2) is 11.5. The van der Waals surface area contributed by atoms with Gasteiger partial charge < -0.3 is 29.8 Å². The molecule has 2 fully saturated rings. The maximum atomic E-state index is 14.8. The molecule has 1 atom stereocenters. The number of piperazine rings is 1. The first-order chi connectivity index (χ1) is 20.9. The van der Waals surface area contributed by atoms with E-state index < -0.39 is 11.6 Å². The molecule has 16 heteroatoms. The van der Waals surface area contributed by atoms with Gasteiger partial charge in [-0.15, -0.1) is 5.10 Å². The lowest BCUT2D eigenvalue weighted by Gasteiger charge is -2.36. The number of nitrogens with two attached hydrogens (primary N) is 1. The van der Waals surface area contributed by atoms with Gasteiger partial charge in [0, 0.05) is 64.5 Å². The minimum absolute atomic E-state index is 0.00144. The molecule has 43 heavy (non-hydrogen) atoms. The number of hydrogen-bond donors (Lipinski definition) is 2. The quantitative estimate of drug-likeness (QED) is 0.265. The van der Waals surface area contributed by atoms with Gasteiger partial charge in [0.15, 0.2) is 28.6 Å². The van der Waals surface area contributed by atoms with Gasteiger partial charge in [-0.3, -0.25) is 14.3 Å². The maximum absolute atomic E-state index is 14.8. The molecule has 6 heterocycles. The highest BCUT2D eigenvalue weighted by Gasteiger charge is 2.24. The number of fused-ring (bicyclic) bond motifs is 3. The third-order valence-corrected chi connectivity index (χ3v) is 8.61. The van der Waals surface area contributed by atoms with Crippen LogP contribution in [-0.2, 0) is 11.3 Å². The Balaban J connectivity index is 1.02. The number of aromatic nitrogens is 5. The summed E-state index contributed by atoms with van der Waals surface area (Å²) < 4.78 is 49.5. The first-order valence-electron chi connectivity index (χ1n) is 14.0. The Morgan fingerprint density at radius 3 is 2.74 bits per heavy atom. The smallest absolute Gasteiger partial charge is 0.309 e. The van der Waals surface area contributed by atoms with Crippen molar-refractivity contribution in [2.45, 2.75) is 12.6 Å². The van der Waals surface area contributed by atoms with Gasteiger partial charge in [0.1, 0.15) is 23.2 Å². The lowest BCUT2D eigenvalue weighted by atomic mass is 10.2. The lowest BCUT2D eigenvalue weighted by Crippen LogP contribution is -2.47. The molecule has 2 saturated heterocycles. The SMILES string of the molecule is Nc1nc2c(sc(=O)n2CCN2CCN(c3cc(OCC4CNCCO4)c(F)cc3F)CC2)c2nc(-c3ccco3)nn12. The van der Waals surface area contributed by atoms with Gasteiger partial charge in [-0.05, 0) is 12.1 Å². The van der Waals surface area contributed by atoms with Crippen LogP contribution >= 0.6 is 11.3 Å². The fraction of sp³-hybridized carbons (Fsp3) is 0.407. The highest BCUT2D eigenvalue weighted by Crippen LogP contribution is 2.30. The van der Waals surface area contributed by atoms with Gasteiger partial charge in [0.25, 0.3) is 0 Å². The van der Waals surface area contributed by atoms with E-state index in [1.54, 1.807) is 16.7 Å². The average molecular weight is 614 g/mol. The molecule has 1 unspecified atom stereocenters. The minimum atomic E-state index is -0.744. The number of nitrogens with one attached hydrogen (secondary N) is 1. The molecule has 2 aliphatic rings. The average Bonchev–Trinajstić information content (AvgIpc) is 3.76. The molecule has 2 aliphatic heterocycles. The molecule has 0 saturated carbocycles. The minimum Gasteiger partial charge on any atom is -0.488 e. The van der Waals surface area contributed by atoms with Crippen molar-refractivity contribution in [3.05, 3.63) is 51.8 Å². The zero-order valence-electron chi connectivity index (χ0n) is 23.0. The third-order valence-electron chi connectivity index (χ3n) is 7.64. The van der Waals surface area contributed by atoms with Crippen LogP contribution in [0.25, 0.3) is 27.6 Å². The molecule has 3 N–H and O–H groups in total. The number of anilines is 2. The predicted octanol–water partition coefficient (Wildman–Crippen LogP) is 1.81. The Bertz CT molecular complexity index is 1810. The number of thiazole rings is 1. The molecule has 226 valence electrons. The van der Waals surface area contributed by atoms with E-state index in [1.165, 1.54) is 16.8 Å². The first kappa shape index (κ1) is 27.7. The van der Waals surface area contributed by atoms with Gasteiger partial charge in [-0.1, -0.05) is 11.3 Å². The Labute approximate surface area is 247 Å². The number of ether oxygens (including phenoxy) is 2. The fourth-order valence-corrected chi connectivity index (χ4v) is 6.30. The molecular weight excluding hydrogens is 584 g/mol. The molecular formula is C27H29F2N9O4S. The summed E-state index contributed by atoms with van der Waals surface area (Å²) >= 11 is 1.04. The van der Waals surface area contributed by atoms with Crippen molar-refractivity contribution in [2.24, 2.45) is 0 Å². The van der Waals surface area contributed by atoms with Crippen LogP contribution < -0.4 is 25.6 Å². The summed E-state index contributed by atoms with van der Waals surface area (Å²) in [6.45, 7) is 5.40. The summed E-state index contributed by atoms with van der Waals surface area (Å²) in [5.74, 6) is -0.431. The summed E-state index contributed by atoms with van der Waals surface area (Å²) in [7, 11) is 0. The summed E-state index contributed by atoms with van der Waals surface area (Å²) in [6.07, 6.45) is 1.34. The van der Waals surface area contributed by atoms with E-state index in [4.69, 9.17) is 19.6 Å².